The lowest BCUT2D eigenvalue weighted by atomic mass is 9.86. The van der Waals surface area contributed by atoms with Crippen LogP contribution >= 0.6 is 0 Å². The van der Waals surface area contributed by atoms with Crippen LogP contribution in [-0.2, 0) is 5.41 Å². The third-order valence-corrected chi connectivity index (χ3v) is 2.59. The first-order valence-electron chi connectivity index (χ1n) is 5.11. The molecule has 0 unspecified atom stereocenters. The van der Waals surface area contributed by atoms with E-state index in [0.29, 0.717) is 0 Å². The zero-order valence-electron chi connectivity index (χ0n) is 10.1. The minimum Gasteiger partial charge on any atom is -0.282 e. The molecule has 0 amide bonds. The molecule has 2 nitrogen and oxygen atoms in total. The van der Waals surface area contributed by atoms with Gasteiger partial charge in [0.25, 0.3) is 0 Å². The van der Waals surface area contributed by atoms with Crippen LogP contribution in [0.2, 0.25) is 0 Å². The Labute approximate surface area is 92.1 Å². The summed E-state index contributed by atoms with van der Waals surface area (Å²) in [4.78, 5) is 1.60. The quantitative estimate of drug-likeness (QED) is 0.516. The number of benzene rings is 1. The number of aryl methyl sites for hydroxylation is 1. The fraction of sp³-hybridized carbons (Fsp3) is 0.462. The molecule has 0 saturated heterocycles. The molecule has 0 bridgehead atoms. The van der Waals surface area contributed by atoms with Crippen LogP contribution < -0.4 is 4.90 Å². The average molecular weight is 202 g/mol. The van der Waals surface area contributed by atoms with E-state index in [1.54, 1.807) is 11.9 Å². The molecule has 15 heavy (non-hydrogen) atoms. The molecular formula is C13H18N2. The lowest BCUT2D eigenvalue weighted by molar-refractivity contribution is 0.590. The lowest BCUT2D eigenvalue weighted by Crippen LogP contribution is -2.14. The Bertz CT molecular complexity index is 394. The van der Waals surface area contributed by atoms with Gasteiger partial charge in [0, 0.05) is 7.05 Å². The van der Waals surface area contributed by atoms with Crippen molar-refractivity contribution in [3.05, 3.63) is 29.3 Å². The second-order valence-corrected chi connectivity index (χ2v) is 4.91. The summed E-state index contributed by atoms with van der Waals surface area (Å²) in [6, 6.07) is 6.30. The molecule has 80 valence electrons. The third kappa shape index (κ3) is 2.50. The molecule has 1 rings (SSSR count). The highest BCUT2D eigenvalue weighted by Crippen LogP contribution is 2.28. The van der Waals surface area contributed by atoms with E-state index in [0.717, 1.165) is 11.3 Å². The Morgan fingerprint density at radius 3 is 2.33 bits per heavy atom. The molecule has 0 aliphatic rings. The topological polar surface area (TPSA) is 27.0 Å². The van der Waals surface area contributed by atoms with Gasteiger partial charge in [-0.2, -0.15) is 5.26 Å². The maximum Gasteiger partial charge on any atom is 0.184 e. The normalized spacial score (nSPS) is 10.9. The summed E-state index contributed by atoms with van der Waals surface area (Å²) >= 11 is 0. The van der Waals surface area contributed by atoms with Gasteiger partial charge in [-0.1, -0.05) is 32.9 Å². The first-order chi connectivity index (χ1) is 6.86. The molecule has 0 heterocycles. The van der Waals surface area contributed by atoms with Crippen molar-refractivity contribution in [3.8, 4) is 6.19 Å². The smallest absolute Gasteiger partial charge is 0.184 e. The maximum atomic E-state index is 8.88. The maximum absolute atomic E-state index is 8.88. The van der Waals surface area contributed by atoms with Gasteiger partial charge in [0.05, 0.1) is 5.69 Å². The summed E-state index contributed by atoms with van der Waals surface area (Å²) in [5.41, 5.74) is 3.50. The van der Waals surface area contributed by atoms with E-state index in [-0.39, 0.29) is 5.41 Å². The van der Waals surface area contributed by atoms with E-state index < -0.39 is 0 Å². The van der Waals surface area contributed by atoms with Crippen LogP contribution in [0.4, 0.5) is 5.69 Å². The molecule has 0 aliphatic carbocycles. The predicted molar refractivity (Wildman–Crippen MR) is 63.9 cm³/mol. The minimum atomic E-state index is 0.124. The Balaban J connectivity index is 3.24. The van der Waals surface area contributed by atoms with Crippen LogP contribution in [0, 0.1) is 18.4 Å². The van der Waals surface area contributed by atoms with Gasteiger partial charge in [0.15, 0.2) is 6.19 Å². The second-order valence-electron chi connectivity index (χ2n) is 4.91. The molecule has 1 aromatic carbocycles. The average Bonchev–Trinajstić information content (AvgIpc) is 2.15. The molecule has 0 radical (unpaired) electrons. The summed E-state index contributed by atoms with van der Waals surface area (Å²) in [6.45, 7) is 8.55. The first kappa shape index (κ1) is 11.6. The standard InChI is InChI=1S/C13H18N2/c1-10-6-7-11(13(2,3)4)8-12(10)15(5)9-14/h6-8H,1-5H3. The largest absolute Gasteiger partial charge is 0.282 e. The Kier molecular flexibility index (Phi) is 3.04. The van der Waals surface area contributed by atoms with Gasteiger partial charge in [-0.25, -0.2) is 0 Å². The molecule has 1 aromatic rings. The van der Waals surface area contributed by atoms with Crippen molar-refractivity contribution >= 4 is 5.69 Å². The van der Waals surface area contributed by atoms with Crippen molar-refractivity contribution in [2.24, 2.45) is 0 Å². The van der Waals surface area contributed by atoms with E-state index in [1.807, 2.05) is 6.92 Å². The van der Waals surface area contributed by atoms with Gasteiger partial charge in [0.1, 0.15) is 0 Å². The molecule has 0 aromatic heterocycles. The molecule has 0 spiro atoms. The number of rotatable bonds is 1. The van der Waals surface area contributed by atoms with Gasteiger partial charge in [-0.3, -0.25) is 4.90 Å². The van der Waals surface area contributed by atoms with Crippen LogP contribution in [0.3, 0.4) is 0 Å². The van der Waals surface area contributed by atoms with Crippen LogP contribution in [0.15, 0.2) is 18.2 Å². The number of anilines is 1. The highest BCUT2D eigenvalue weighted by atomic mass is 15.1. The van der Waals surface area contributed by atoms with E-state index in [4.69, 9.17) is 5.26 Å². The molecule has 0 N–H and O–H groups in total. The van der Waals surface area contributed by atoms with Crippen molar-refractivity contribution in [1.82, 2.24) is 0 Å². The molecule has 2 heteroatoms. The fourth-order valence-electron chi connectivity index (χ4n) is 1.49. The first-order valence-corrected chi connectivity index (χ1v) is 5.11. The second kappa shape index (κ2) is 3.94. The van der Waals surface area contributed by atoms with E-state index in [2.05, 4.69) is 45.2 Å². The molecule has 0 atom stereocenters. The van der Waals surface area contributed by atoms with Crippen molar-refractivity contribution in [1.29, 1.82) is 5.26 Å². The number of hydrogen-bond donors (Lipinski definition) is 0. The van der Waals surface area contributed by atoms with Crippen molar-refractivity contribution in [2.75, 3.05) is 11.9 Å². The molecular weight excluding hydrogens is 184 g/mol. The summed E-state index contributed by atoms with van der Waals surface area (Å²) < 4.78 is 0. The zero-order valence-corrected chi connectivity index (χ0v) is 10.1. The number of nitrogens with zero attached hydrogens (tertiary/aromatic N) is 2. The Morgan fingerprint density at radius 1 is 1.27 bits per heavy atom. The Morgan fingerprint density at radius 2 is 1.87 bits per heavy atom. The van der Waals surface area contributed by atoms with Gasteiger partial charge in [-0.15, -0.1) is 0 Å². The van der Waals surface area contributed by atoms with Crippen molar-refractivity contribution in [3.63, 3.8) is 0 Å². The Hall–Kier alpha value is -1.49. The van der Waals surface area contributed by atoms with Gasteiger partial charge >= 0.3 is 0 Å². The minimum absolute atomic E-state index is 0.124. The zero-order chi connectivity index (χ0) is 11.6. The summed E-state index contributed by atoms with van der Waals surface area (Å²) in [5, 5.41) is 8.88. The molecule has 0 aliphatic heterocycles. The third-order valence-electron chi connectivity index (χ3n) is 2.59. The summed E-state index contributed by atoms with van der Waals surface area (Å²) in [5.74, 6) is 0. The predicted octanol–water partition coefficient (Wildman–Crippen LogP) is 3.21. The van der Waals surface area contributed by atoms with Crippen molar-refractivity contribution < 1.29 is 0 Å². The van der Waals surface area contributed by atoms with Gasteiger partial charge in [-0.05, 0) is 29.5 Å². The van der Waals surface area contributed by atoms with Crippen LogP contribution in [0.5, 0.6) is 0 Å². The summed E-state index contributed by atoms with van der Waals surface area (Å²) in [7, 11) is 1.79. The van der Waals surface area contributed by atoms with Crippen LogP contribution in [0.25, 0.3) is 0 Å². The molecule has 0 fully saturated rings. The molecule has 0 saturated carbocycles. The van der Waals surface area contributed by atoms with Gasteiger partial charge in [0.2, 0.25) is 0 Å². The van der Waals surface area contributed by atoms with E-state index in [1.165, 1.54) is 5.56 Å². The van der Waals surface area contributed by atoms with Gasteiger partial charge < -0.3 is 0 Å². The van der Waals surface area contributed by atoms with Crippen LogP contribution in [-0.4, -0.2) is 7.05 Å². The summed E-state index contributed by atoms with van der Waals surface area (Å²) in [6.07, 6.45) is 2.13. The highest BCUT2D eigenvalue weighted by Gasteiger charge is 2.15. The SMILES string of the molecule is Cc1ccc(C(C)(C)C)cc1N(C)C#N. The fourth-order valence-corrected chi connectivity index (χ4v) is 1.49. The monoisotopic (exact) mass is 202 g/mol. The lowest BCUT2D eigenvalue weighted by Gasteiger charge is -2.22. The number of nitriles is 1. The van der Waals surface area contributed by atoms with Crippen molar-refractivity contribution in [2.45, 2.75) is 33.1 Å². The number of hydrogen-bond acceptors (Lipinski definition) is 2. The highest BCUT2D eigenvalue weighted by molar-refractivity contribution is 5.58. The van der Waals surface area contributed by atoms with E-state index in [9.17, 15) is 0 Å². The van der Waals surface area contributed by atoms with Crippen LogP contribution in [0.1, 0.15) is 31.9 Å². The van der Waals surface area contributed by atoms with E-state index >= 15 is 0 Å².